The summed E-state index contributed by atoms with van der Waals surface area (Å²) in [6.45, 7) is 3.06. The van der Waals surface area contributed by atoms with Gasteiger partial charge in [-0.2, -0.15) is 0 Å². The Morgan fingerprint density at radius 2 is 1.78 bits per heavy atom. The van der Waals surface area contributed by atoms with Crippen LogP contribution in [0.3, 0.4) is 0 Å². The third-order valence-electron chi connectivity index (χ3n) is 7.34. The number of benzene rings is 2. The number of ether oxygens (including phenoxy) is 2. The quantitative estimate of drug-likeness (QED) is 0.313. The lowest BCUT2D eigenvalue weighted by atomic mass is 9.74. The van der Waals surface area contributed by atoms with Crippen molar-refractivity contribution in [3.05, 3.63) is 59.2 Å². The molecule has 2 heterocycles. The third kappa shape index (κ3) is 6.45. The van der Waals surface area contributed by atoms with Crippen LogP contribution >= 0.6 is 23.4 Å². The lowest BCUT2D eigenvalue weighted by molar-refractivity contribution is 0.0254. The molecule has 0 saturated carbocycles. The van der Waals surface area contributed by atoms with Gasteiger partial charge in [0.1, 0.15) is 11.5 Å². The molecule has 36 heavy (non-hydrogen) atoms. The van der Waals surface area contributed by atoms with Gasteiger partial charge in [0.25, 0.3) is 0 Å². The maximum absolute atomic E-state index is 11.2. The Labute approximate surface area is 222 Å². The predicted molar refractivity (Wildman–Crippen MR) is 146 cm³/mol. The topological polar surface area (TPSA) is 75.1 Å². The number of likely N-dealkylation sites (tertiary alicyclic amines) is 1. The predicted octanol–water partition coefficient (Wildman–Crippen LogP) is 5.59. The smallest absolute Gasteiger partial charge is 0.119 e. The number of hydrogen-bond donors (Lipinski definition) is 2. The van der Waals surface area contributed by atoms with E-state index in [4.69, 9.17) is 21.1 Å². The van der Waals surface area contributed by atoms with Crippen LogP contribution in [-0.2, 0) is 0 Å². The first-order valence-corrected chi connectivity index (χ1v) is 13.7. The first kappa shape index (κ1) is 27.0. The van der Waals surface area contributed by atoms with E-state index in [1.54, 1.807) is 20.4 Å². The number of hydrogen-bond acceptors (Lipinski definition) is 7. The average molecular weight is 531 g/mol. The minimum Gasteiger partial charge on any atom is -0.497 e. The van der Waals surface area contributed by atoms with Gasteiger partial charge < -0.3 is 24.6 Å². The number of fused-ring (bicyclic) bond motifs is 1. The standard InChI is InChI=1S/C28H35ClN2O4S/c1-34-20-3-6-22(7-4-20)36-16-15-31-13-11-28(19-32,12-14-31)10-9-26(33)27-23-17-21(35-2)5-8-25(23)30-18-24(27)29/h3-8,17-18,26,32-33H,9-16,19H2,1-2H3. The van der Waals surface area contributed by atoms with E-state index in [1.165, 1.54) is 4.90 Å². The van der Waals surface area contributed by atoms with Crippen molar-refractivity contribution in [2.45, 2.75) is 36.7 Å². The van der Waals surface area contributed by atoms with Crippen LogP contribution in [0.25, 0.3) is 10.9 Å². The van der Waals surface area contributed by atoms with E-state index in [0.29, 0.717) is 22.8 Å². The maximum atomic E-state index is 11.2. The Bertz CT molecular complexity index is 1140. The second-order valence-corrected chi connectivity index (χ2v) is 11.1. The van der Waals surface area contributed by atoms with Crippen molar-refractivity contribution in [3.63, 3.8) is 0 Å². The van der Waals surface area contributed by atoms with Gasteiger partial charge in [0.05, 0.1) is 30.9 Å². The van der Waals surface area contributed by atoms with E-state index in [1.807, 2.05) is 42.1 Å². The SMILES string of the molecule is COc1ccc(SCCN2CCC(CO)(CCC(O)c3c(Cl)cnc4ccc(OC)cc34)CC2)cc1. The largest absolute Gasteiger partial charge is 0.497 e. The molecule has 1 aliphatic heterocycles. The number of pyridine rings is 1. The molecule has 0 bridgehead atoms. The molecule has 194 valence electrons. The van der Waals surface area contributed by atoms with Gasteiger partial charge in [0, 0.05) is 40.9 Å². The lowest BCUT2D eigenvalue weighted by Crippen LogP contribution is -2.43. The molecule has 4 rings (SSSR count). The van der Waals surface area contributed by atoms with Gasteiger partial charge in [-0.1, -0.05) is 11.6 Å². The van der Waals surface area contributed by atoms with Gasteiger partial charge in [-0.15, -0.1) is 11.8 Å². The Morgan fingerprint density at radius 3 is 2.44 bits per heavy atom. The zero-order chi connectivity index (χ0) is 25.5. The normalized spacial score (nSPS) is 16.7. The summed E-state index contributed by atoms with van der Waals surface area (Å²) in [5, 5.41) is 22.7. The van der Waals surface area contributed by atoms with Crippen LogP contribution in [-0.4, -0.2) is 66.3 Å². The average Bonchev–Trinajstić information content (AvgIpc) is 2.92. The Morgan fingerprint density at radius 1 is 1.08 bits per heavy atom. The van der Waals surface area contributed by atoms with Gasteiger partial charge in [-0.25, -0.2) is 0 Å². The van der Waals surface area contributed by atoms with Gasteiger partial charge in [0.15, 0.2) is 0 Å². The minimum absolute atomic E-state index is 0.132. The summed E-state index contributed by atoms with van der Waals surface area (Å²) < 4.78 is 10.6. The minimum atomic E-state index is -0.738. The zero-order valence-corrected chi connectivity index (χ0v) is 22.5. The first-order valence-electron chi connectivity index (χ1n) is 12.4. The number of aliphatic hydroxyl groups excluding tert-OH is 2. The highest BCUT2D eigenvalue weighted by Gasteiger charge is 2.34. The number of nitrogens with zero attached hydrogens (tertiary/aromatic N) is 2. The summed E-state index contributed by atoms with van der Waals surface area (Å²) in [5.41, 5.74) is 1.28. The monoisotopic (exact) mass is 530 g/mol. The lowest BCUT2D eigenvalue weighted by Gasteiger charge is -2.41. The molecule has 0 amide bonds. The molecule has 2 N–H and O–H groups in total. The molecular weight excluding hydrogens is 496 g/mol. The molecule has 0 radical (unpaired) electrons. The highest BCUT2D eigenvalue weighted by atomic mass is 35.5. The van der Waals surface area contributed by atoms with Crippen molar-refractivity contribution < 1.29 is 19.7 Å². The van der Waals surface area contributed by atoms with E-state index in [2.05, 4.69) is 22.0 Å². The summed E-state index contributed by atoms with van der Waals surface area (Å²) in [6.07, 6.45) is 3.97. The summed E-state index contributed by atoms with van der Waals surface area (Å²) in [5.74, 6) is 2.60. The molecule has 0 spiro atoms. The van der Waals surface area contributed by atoms with Crippen molar-refractivity contribution in [1.82, 2.24) is 9.88 Å². The van der Waals surface area contributed by atoms with Crippen molar-refractivity contribution in [3.8, 4) is 11.5 Å². The summed E-state index contributed by atoms with van der Waals surface area (Å²) in [7, 11) is 3.30. The Balaban J connectivity index is 1.31. The maximum Gasteiger partial charge on any atom is 0.119 e. The van der Waals surface area contributed by atoms with Crippen molar-refractivity contribution in [2.75, 3.05) is 46.2 Å². The molecule has 1 aliphatic rings. The molecule has 3 aromatic rings. The number of methoxy groups -OCH3 is 2. The Kier molecular flexibility index (Phi) is 9.36. The molecular formula is C28H35ClN2O4S. The Hall–Kier alpha value is -2.03. The summed E-state index contributed by atoms with van der Waals surface area (Å²) in [6, 6.07) is 13.8. The fourth-order valence-corrected chi connectivity index (χ4v) is 6.11. The van der Waals surface area contributed by atoms with E-state index in [0.717, 1.165) is 61.3 Å². The summed E-state index contributed by atoms with van der Waals surface area (Å²) >= 11 is 8.33. The fourth-order valence-electron chi connectivity index (χ4n) is 4.92. The van der Waals surface area contributed by atoms with Crippen LogP contribution in [0.2, 0.25) is 5.02 Å². The number of aliphatic hydroxyl groups is 2. The highest BCUT2D eigenvalue weighted by Crippen LogP contribution is 2.40. The number of thioether (sulfide) groups is 1. The molecule has 0 aliphatic carbocycles. The molecule has 2 aromatic carbocycles. The number of aromatic nitrogens is 1. The molecule has 1 unspecified atom stereocenters. The van der Waals surface area contributed by atoms with Gasteiger partial charge >= 0.3 is 0 Å². The third-order valence-corrected chi connectivity index (χ3v) is 8.63. The van der Waals surface area contributed by atoms with Crippen LogP contribution in [0.4, 0.5) is 0 Å². The van der Waals surface area contributed by atoms with E-state index in [-0.39, 0.29) is 12.0 Å². The van der Waals surface area contributed by atoms with Crippen molar-refractivity contribution in [1.29, 1.82) is 0 Å². The zero-order valence-electron chi connectivity index (χ0n) is 21.0. The number of piperidine rings is 1. The van der Waals surface area contributed by atoms with Crippen LogP contribution in [0, 0.1) is 5.41 Å². The highest BCUT2D eigenvalue weighted by molar-refractivity contribution is 7.99. The first-order chi connectivity index (χ1) is 17.5. The second-order valence-electron chi connectivity index (χ2n) is 9.48. The van der Waals surface area contributed by atoms with Gasteiger partial charge in [-0.05, 0) is 86.7 Å². The van der Waals surface area contributed by atoms with Gasteiger partial charge in [0.2, 0.25) is 0 Å². The van der Waals surface area contributed by atoms with E-state index in [9.17, 15) is 10.2 Å². The van der Waals surface area contributed by atoms with Crippen LogP contribution in [0.5, 0.6) is 11.5 Å². The number of halogens is 1. The molecule has 1 saturated heterocycles. The molecule has 1 atom stereocenters. The molecule has 8 heteroatoms. The summed E-state index contributed by atoms with van der Waals surface area (Å²) in [4.78, 5) is 8.10. The van der Waals surface area contributed by atoms with Crippen molar-refractivity contribution >= 4 is 34.3 Å². The molecule has 1 aromatic heterocycles. The van der Waals surface area contributed by atoms with Crippen LogP contribution in [0.15, 0.2) is 53.6 Å². The van der Waals surface area contributed by atoms with Crippen molar-refractivity contribution in [2.24, 2.45) is 5.41 Å². The van der Waals surface area contributed by atoms with Gasteiger partial charge in [-0.3, -0.25) is 4.98 Å². The molecule has 1 fully saturated rings. The van der Waals surface area contributed by atoms with Crippen LogP contribution in [0.1, 0.15) is 37.4 Å². The van der Waals surface area contributed by atoms with E-state index >= 15 is 0 Å². The fraction of sp³-hybridized carbons (Fsp3) is 0.464. The van der Waals surface area contributed by atoms with Crippen LogP contribution < -0.4 is 9.47 Å². The van der Waals surface area contributed by atoms with E-state index < -0.39 is 6.10 Å². The molecule has 6 nitrogen and oxygen atoms in total. The second kappa shape index (κ2) is 12.5. The number of rotatable bonds is 11.